The maximum Gasteiger partial charge on any atom is 0.322 e. The van der Waals surface area contributed by atoms with Crippen LogP contribution in [-0.2, 0) is 6.54 Å². The molecule has 1 N–H and O–H groups in total. The molecule has 1 saturated heterocycles. The van der Waals surface area contributed by atoms with Crippen molar-refractivity contribution in [1.29, 1.82) is 0 Å². The van der Waals surface area contributed by atoms with Crippen molar-refractivity contribution in [3.05, 3.63) is 90.3 Å². The first-order valence-electron chi connectivity index (χ1n) is 12.9. The van der Waals surface area contributed by atoms with Gasteiger partial charge in [-0.15, -0.1) is 10.2 Å². The van der Waals surface area contributed by atoms with Gasteiger partial charge in [-0.3, -0.25) is 14.8 Å². The van der Waals surface area contributed by atoms with E-state index in [1.807, 2.05) is 18.2 Å². The maximum atomic E-state index is 15.1. The number of para-hydroxylation sites is 1. The van der Waals surface area contributed by atoms with Crippen LogP contribution in [0.3, 0.4) is 0 Å². The summed E-state index contributed by atoms with van der Waals surface area (Å²) in [4.78, 5) is 23.4. The zero-order chi connectivity index (χ0) is 27.9. The quantitative estimate of drug-likeness (QED) is 0.321. The summed E-state index contributed by atoms with van der Waals surface area (Å²) in [6.07, 6.45) is 0.657. The van der Waals surface area contributed by atoms with Gasteiger partial charge in [-0.2, -0.15) is 8.78 Å². The highest BCUT2D eigenvalue weighted by atomic mass is 19.3. The third-order valence-electron chi connectivity index (χ3n) is 6.67. The van der Waals surface area contributed by atoms with Gasteiger partial charge in [0, 0.05) is 74.2 Å². The molecule has 0 radical (unpaired) electrons. The predicted molar refractivity (Wildman–Crippen MR) is 144 cm³/mol. The van der Waals surface area contributed by atoms with Crippen LogP contribution in [0.15, 0.2) is 77.5 Å². The number of anilines is 2. The molecule has 208 valence electrons. The molecule has 2 aromatic heterocycles. The van der Waals surface area contributed by atoms with Gasteiger partial charge < -0.3 is 14.6 Å². The van der Waals surface area contributed by atoms with E-state index in [9.17, 15) is 13.6 Å². The van der Waals surface area contributed by atoms with Crippen molar-refractivity contribution in [2.45, 2.75) is 13.0 Å². The fourth-order valence-electron chi connectivity index (χ4n) is 4.51. The number of piperazine rings is 1. The molecule has 2 amide bonds. The van der Waals surface area contributed by atoms with E-state index >= 15 is 4.39 Å². The van der Waals surface area contributed by atoms with Crippen molar-refractivity contribution in [1.82, 2.24) is 25.4 Å². The summed E-state index contributed by atoms with van der Waals surface area (Å²) in [7, 11) is 0. The molecule has 2 aromatic carbocycles. The average molecular weight is 552 g/mol. The highest BCUT2D eigenvalue weighted by Crippen LogP contribution is 2.26. The number of benzene rings is 2. The Morgan fingerprint density at radius 3 is 2.42 bits per heavy atom. The SMILES string of the molecule is O=C(NCCN1CCN(c2ccncc2)CC1)N(Cc1ccc(-c2nnc(C(F)F)o2)cc1F)c1ccccc1. The van der Waals surface area contributed by atoms with Crippen molar-refractivity contribution < 1.29 is 22.4 Å². The minimum absolute atomic E-state index is 0.0430. The number of urea groups is 1. The Hall–Kier alpha value is -4.45. The van der Waals surface area contributed by atoms with Crippen LogP contribution < -0.4 is 15.1 Å². The van der Waals surface area contributed by atoms with Gasteiger partial charge in [0.25, 0.3) is 5.89 Å². The van der Waals surface area contributed by atoms with E-state index in [-0.39, 0.29) is 29.6 Å². The van der Waals surface area contributed by atoms with Gasteiger partial charge in [0.2, 0.25) is 5.89 Å². The van der Waals surface area contributed by atoms with Gasteiger partial charge in [0.15, 0.2) is 0 Å². The van der Waals surface area contributed by atoms with Crippen molar-refractivity contribution in [2.75, 3.05) is 49.1 Å². The number of hydrogen-bond acceptors (Lipinski definition) is 7. The van der Waals surface area contributed by atoms with E-state index in [1.165, 1.54) is 17.0 Å². The second-order valence-corrected chi connectivity index (χ2v) is 9.24. The van der Waals surface area contributed by atoms with Crippen molar-refractivity contribution >= 4 is 17.4 Å². The average Bonchev–Trinajstić information content (AvgIpc) is 3.49. The second kappa shape index (κ2) is 12.6. The second-order valence-electron chi connectivity index (χ2n) is 9.24. The van der Waals surface area contributed by atoms with Gasteiger partial charge in [0.05, 0.1) is 6.54 Å². The van der Waals surface area contributed by atoms with Gasteiger partial charge in [-0.05, 0) is 36.4 Å². The molecular weight excluding hydrogens is 523 g/mol. The first kappa shape index (κ1) is 27.1. The molecule has 5 rings (SSSR count). The van der Waals surface area contributed by atoms with Crippen molar-refractivity contribution in [2.24, 2.45) is 0 Å². The fraction of sp³-hybridized carbons (Fsp3) is 0.286. The molecule has 1 aliphatic rings. The zero-order valence-electron chi connectivity index (χ0n) is 21.6. The molecule has 1 aliphatic heterocycles. The van der Waals surface area contributed by atoms with Crippen LogP contribution in [0.25, 0.3) is 11.5 Å². The van der Waals surface area contributed by atoms with Crippen LogP contribution in [0.1, 0.15) is 17.9 Å². The van der Waals surface area contributed by atoms with Crippen LogP contribution in [0, 0.1) is 5.82 Å². The van der Waals surface area contributed by atoms with Crippen molar-refractivity contribution in [3.63, 3.8) is 0 Å². The minimum Gasteiger partial charge on any atom is -0.415 e. The normalized spacial score (nSPS) is 13.9. The van der Waals surface area contributed by atoms with Gasteiger partial charge >= 0.3 is 12.5 Å². The van der Waals surface area contributed by atoms with E-state index in [0.717, 1.165) is 37.9 Å². The Kier molecular flexibility index (Phi) is 8.55. The number of nitrogens with one attached hydrogen (secondary N) is 1. The zero-order valence-corrected chi connectivity index (χ0v) is 21.6. The highest BCUT2D eigenvalue weighted by molar-refractivity contribution is 5.91. The highest BCUT2D eigenvalue weighted by Gasteiger charge is 2.22. The number of pyridine rings is 1. The lowest BCUT2D eigenvalue weighted by molar-refractivity contribution is 0.116. The number of aromatic nitrogens is 3. The van der Waals surface area contributed by atoms with Gasteiger partial charge in [-0.1, -0.05) is 24.3 Å². The summed E-state index contributed by atoms with van der Waals surface area (Å²) in [5.74, 6) is -1.67. The number of nitrogens with zero attached hydrogens (tertiary/aromatic N) is 6. The smallest absolute Gasteiger partial charge is 0.322 e. The van der Waals surface area contributed by atoms with E-state index < -0.39 is 18.1 Å². The van der Waals surface area contributed by atoms with E-state index in [4.69, 9.17) is 4.42 Å². The van der Waals surface area contributed by atoms with Crippen LogP contribution in [0.4, 0.5) is 29.3 Å². The summed E-state index contributed by atoms with van der Waals surface area (Å²) in [6.45, 7) is 4.59. The Morgan fingerprint density at radius 2 is 1.75 bits per heavy atom. The Bertz CT molecular complexity index is 1400. The van der Waals surface area contributed by atoms with Crippen LogP contribution >= 0.6 is 0 Å². The molecule has 4 aromatic rings. The molecule has 0 bridgehead atoms. The maximum absolute atomic E-state index is 15.1. The topological polar surface area (TPSA) is 90.6 Å². The molecule has 3 heterocycles. The first-order valence-corrected chi connectivity index (χ1v) is 12.9. The lowest BCUT2D eigenvalue weighted by atomic mass is 10.1. The minimum atomic E-state index is -2.92. The molecule has 0 spiro atoms. The molecule has 12 heteroatoms. The number of rotatable bonds is 9. The van der Waals surface area contributed by atoms with Crippen LogP contribution in [0.2, 0.25) is 0 Å². The number of halogens is 3. The summed E-state index contributed by atoms with van der Waals surface area (Å²) < 4.78 is 45.5. The van der Waals surface area contributed by atoms with Gasteiger partial charge in [0.1, 0.15) is 5.82 Å². The molecule has 0 unspecified atom stereocenters. The molecule has 40 heavy (non-hydrogen) atoms. The lowest BCUT2D eigenvalue weighted by Crippen LogP contribution is -2.49. The largest absolute Gasteiger partial charge is 0.415 e. The monoisotopic (exact) mass is 551 g/mol. The summed E-state index contributed by atoms with van der Waals surface area (Å²) in [6, 6.07) is 16.7. The number of hydrogen-bond donors (Lipinski definition) is 1. The van der Waals surface area contributed by atoms with Crippen LogP contribution in [-0.4, -0.2) is 65.4 Å². The van der Waals surface area contributed by atoms with Crippen LogP contribution in [0.5, 0.6) is 0 Å². The number of alkyl halides is 2. The molecule has 0 saturated carbocycles. The number of carbonyl (C=O) groups excluding carboxylic acids is 1. The molecule has 9 nitrogen and oxygen atoms in total. The van der Waals surface area contributed by atoms with E-state index in [2.05, 4.69) is 30.3 Å². The molecular formula is C28H28F3N7O2. The fourth-order valence-corrected chi connectivity index (χ4v) is 4.51. The lowest BCUT2D eigenvalue weighted by Gasteiger charge is -2.36. The summed E-state index contributed by atoms with van der Waals surface area (Å²) >= 11 is 0. The Balaban J connectivity index is 1.20. The number of carbonyl (C=O) groups is 1. The Morgan fingerprint density at radius 1 is 1.00 bits per heavy atom. The first-order chi connectivity index (χ1) is 19.5. The molecule has 0 atom stereocenters. The summed E-state index contributed by atoms with van der Waals surface area (Å²) in [5.41, 5.74) is 2.16. The number of amides is 2. The predicted octanol–water partition coefficient (Wildman–Crippen LogP) is 4.75. The van der Waals surface area contributed by atoms with E-state index in [0.29, 0.717) is 18.8 Å². The standard InChI is InChI=1S/C28H28F3N7O2/c29-24-18-20(26-34-35-27(40-26)25(30)31)6-7-21(24)19-38(23-4-2-1-3-5-23)28(39)33-12-13-36-14-16-37(17-15-36)22-8-10-32-11-9-22/h1-11,18,25H,12-17,19H2,(H,33,39). The van der Waals surface area contributed by atoms with Crippen molar-refractivity contribution in [3.8, 4) is 11.5 Å². The molecule has 0 aliphatic carbocycles. The Labute approximate surface area is 229 Å². The summed E-state index contributed by atoms with van der Waals surface area (Å²) in [5, 5.41) is 9.80. The third kappa shape index (κ3) is 6.57. The third-order valence-corrected chi connectivity index (χ3v) is 6.67. The van der Waals surface area contributed by atoms with E-state index in [1.54, 1.807) is 36.7 Å². The molecule has 1 fully saturated rings. The van der Waals surface area contributed by atoms with Gasteiger partial charge in [-0.25, -0.2) is 9.18 Å².